The molecule has 0 unspecified atom stereocenters. The van der Waals surface area contributed by atoms with Crippen LogP contribution >= 0.6 is 0 Å². The van der Waals surface area contributed by atoms with E-state index < -0.39 is 18.4 Å². The summed E-state index contributed by atoms with van der Waals surface area (Å²) >= 11 is 0. The first kappa shape index (κ1) is 12.7. The zero-order valence-corrected chi connectivity index (χ0v) is 9.19. The second-order valence-corrected chi connectivity index (χ2v) is 3.88. The first-order chi connectivity index (χ1) is 7.29. The average Bonchev–Trinajstić information content (AvgIpc) is 2.08. The molecule has 0 aliphatic rings. The molecule has 0 fully saturated rings. The maximum absolute atomic E-state index is 12.0. The van der Waals surface area contributed by atoms with Crippen molar-refractivity contribution in [2.75, 3.05) is 0 Å². The molecule has 1 aromatic carbocycles. The number of carbonyl (C=O) groups is 1. The van der Waals surface area contributed by atoms with Crippen LogP contribution in [0.15, 0.2) is 18.2 Å². The van der Waals surface area contributed by atoms with Gasteiger partial charge in [0.25, 0.3) is 0 Å². The van der Waals surface area contributed by atoms with Crippen molar-refractivity contribution in [1.82, 2.24) is 0 Å². The van der Waals surface area contributed by atoms with E-state index in [1.807, 2.05) is 6.07 Å². The third kappa shape index (κ3) is 3.68. The summed E-state index contributed by atoms with van der Waals surface area (Å²) in [7, 11) is 0. The van der Waals surface area contributed by atoms with Gasteiger partial charge >= 0.3 is 6.18 Å². The molecule has 0 spiro atoms. The topological polar surface area (TPSA) is 17.1 Å². The highest BCUT2D eigenvalue weighted by molar-refractivity contribution is 5.82. The Morgan fingerprint density at radius 3 is 2.12 bits per heavy atom. The predicted molar refractivity (Wildman–Crippen MR) is 55.3 cm³/mol. The van der Waals surface area contributed by atoms with E-state index in [1.165, 1.54) is 0 Å². The summed E-state index contributed by atoms with van der Waals surface area (Å²) in [5.74, 6) is -0.787. The number of ketones is 1. The number of halogens is 3. The summed E-state index contributed by atoms with van der Waals surface area (Å²) in [6.07, 6.45) is -5.90. The van der Waals surface area contributed by atoms with Gasteiger partial charge in [-0.05, 0) is 30.5 Å². The van der Waals surface area contributed by atoms with Crippen LogP contribution in [0.2, 0.25) is 0 Å². The molecule has 0 aromatic heterocycles. The van der Waals surface area contributed by atoms with Gasteiger partial charge in [-0.25, -0.2) is 0 Å². The van der Waals surface area contributed by atoms with Gasteiger partial charge in [-0.1, -0.05) is 18.2 Å². The Balaban J connectivity index is 2.78. The lowest BCUT2D eigenvalue weighted by Gasteiger charge is -2.10. The Morgan fingerprint density at radius 2 is 1.69 bits per heavy atom. The molecule has 0 amide bonds. The third-order valence-electron chi connectivity index (χ3n) is 2.42. The second-order valence-electron chi connectivity index (χ2n) is 3.88. The van der Waals surface area contributed by atoms with E-state index >= 15 is 0 Å². The molecular weight excluding hydrogens is 217 g/mol. The third-order valence-corrected chi connectivity index (χ3v) is 2.42. The number of carbonyl (C=O) groups excluding carboxylic acids is 1. The van der Waals surface area contributed by atoms with E-state index in [1.54, 1.807) is 26.0 Å². The maximum Gasteiger partial charge on any atom is 0.395 e. The standard InChI is InChI=1S/C12H13F3O/c1-8-4-3-5-9(2)11(8)6-10(16)7-12(13,14)15/h3-5H,6-7H2,1-2H3. The van der Waals surface area contributed by atoms with Crippen molar-refractivity contribution in [1.29, 1.82) is 0 Å². The Kier molecular flexibility index (Phi) is 3.73. The van der Waals surface area contributed by atoms with Crippen molar-refractivity contribution in [3.05, 3.63) is 34.9 Å². The second kappa shape index (κ2) is 4.68. The zero-order valence-electron chi connectivity index (χ0n) is 9.19. The number of benzene rings is 1. The molecule has 0 radical (unpaired) electrons. The first-order valence-electron chi connectivity index (χ1n) is 4.93. The van der Waals surface area contributed by atoms with Crippen molar-refractivity contribution in [3.63, 3.8) is 0 Å². The van der Waals surface area contributed by atoms with Gasteiger partial charge in [0.05, 0.1) is 0 Å². The van der Waals surface area contributed by atoms with E-state index in [2.05, 4.69) is 0 Å². The van der Waals surface area contributed by atoms with Gasteiger partial charge in [-0.2, -0.15) is 13.2 Å². The molecule has 1 nitrogen and oxygen atoms in total. The van der Waals surface area contributed by atoms with E-state index in [0.717, 1.165) is 11.1 Å². The summed E-state index contributed by atoms with van der Waals surface area (Å²) < 4.78 is 36.0. The summed E-state index contributed by atoms with van der Waals surface area (Å²) in [5.41, 5.74) is 2.42. The van der Waals surface area contributed by atoms with Crippen molar-refractivity contribution >= 4 is 5.78 Å². The number of aryl methyl sites for hydroxylation is 2. The number of rotatable bonds is 3. The number of Topliss-reactive ketones (excluding diaryl/α,β-unsaturated/α-hetero) is 1. The lowest BCUT2D eigenvalue weighted by Crippen LogP contribution is -2.17. The summed E-state index contributed by atoms with van der Waals surface area (Å²) in [5, 5.41) is 0. The minimum atomic E-state index is -4.41. The summed E-state index contributed by atoms with van der Waals surface area (Å²) in [4.78, 5) is 11.2. The van der Waals surface area contributed by atoms with Gasteiger partial charge < -0.3 is 0 Å². The smallest absolute Gasteiger partial charge is 0.299 e. The highest BCUT2D eigenvalue weighted by Gasteiger charge is 2.31. The largest absolute Gasteiger partial charge is 0.395 e. The fourth-order valence-corrected chi connectivity index (χ4v) is 1.61. The van der Waals surface area contributed by atoms with E-state index in [9.17, 15) is 18.0 Å². The molecule has 0 aliphatic heterocycles. The van der Waals surface area contributed by atoms with Crippen molar-refractivity contribution in [2.24, 2.45) is 0 Å². The highest BCUT2D eigenvalue weighted by atomic mass is 19.4. The summed E-state index contributed by atoms with van der Waals surface area (Å²) in [6, 6.07) is 5.41. The molecular formula is C12H13F3O. The molecule has 1 aromatic rings. The van der Waals surface area contributed by atoms with Gasteiger partial charge in [0.15, 0.2) is 0 Å². The minimum absolute atomic E-state index is 0.141. The fourth-order valence-electron chi connectivity index (χ4n) is 1.61. The Bertz CT molecular complexity index is 373. The zero-order chi connectivity index (χ0) is 12.3. The van der Waals surface area contributed by atoms with Crippen LogP contribution in [0.5, 0.6) is 0 Å². The average molecular weight is 230 g/mol. The van der Waals surface area contributed by atoms with E-state index in [-0.39, 0.29) is 6.42 Å². The van der Waals surface area contributed by atoms with Crippen LogP contribution in [0.3, 0.4) is 0 Å². The Morgan fingerprint density at radius 1 is 1.19 bits per heavy atom. The normalized spacial score (nSPS) is 11.6. The fraction of sp³-hybridized carbons (Fsp3) is 0.417. The van der Waals surface area contributed by atoms with E-state index in [0.29, 0.717) is 5.56 Å². The minimum Gasteiger partial charge on any atom is -0.299 e. The monoisotopic (exact) mass is 230 g/mol. The van der Waals surface area contributed by atoms with Gasteiger partial charge in [-0.3, -0.25) is 4.79 Å². The number of hydrogen-bond acceptors (Lipinski definition) is 1. The van der Waals surface area contributed by atoms with Crippen LogP contribution in [0.25, 0.3) is 0 Å². The number of hydrogen-bond donors (Lipinski definition) is 0. The molecule has 0 atom stereocenters. The Hall–Kier alpha value is -1.32. The predicted octanol–water partition coefficient (Wildman–Crippen LogP) is 3.37. The first-order valence-corrected chi connectivity index (χ1v) is 4.93. The molecule has 0 saturated heterocycles. The van der Waals surface area contributed by atoms with Crippen LogP contribution < -0.4 is 0 Å². The van der Waals surface area contributed by atoms with Gasteiger partial charge in [0.1, 0.15) is 12.2 Å². The van der Waals surface area contributed by atoms with Gasteiger partial charge in [0, 0.05) is 6.42 Å². The van der Waals surface area contributed by atoms with Gasteiger partial charge in [0.2, 0.25) is 0 Å². The summed E-state index contributed by atoms with van der Waals surface area (Å²) in [6.45, 7) is 3.59. The van der Waals surface area contributed by atoms with E-state index in [4.69, 9.17) is 0 Å². The quantitative estimate of drug-likeness (QED) is 0.778. The molecule has 16 heavy (non-hydrogen) atoms. The van der Waals surface area contributed by atoms with Crippen LogP contribution in [-0.4, -0.2) is 12.0 Å². The molecule has 0 aliphatic carbocycles. The van der Waals surface area contributed by atoms with Crippen molar-refractivity contribution < 1.29 is 18.0 Å². The number of alkyl halides is 3. The van der Waals surface area contributed by atoms with Crippen LogP contribution in [0.4, 0.5) is 13.2 Å². The van der Waals surface area contributed by atoms with Crippen molar-refractivity contribution in [2.45, 2.75) is 32.9 Å². The van der Waals surface area contributed by atoms with Crippen LogP contribution in [-0.2, 0) is 11.2 Å². The highest BCUT2D eigenvalue weighted by Crippen LogP contribution is 2.22. The van der Waals surface area contributed by atoms with Crippen molar-refractivity contribution in [3.8, 4) is 0 Å². The Labute approximate surface area is 92.3 Å². The maximum atomic E-state index is 12.0. The lowest BCUT2D eigenvalue weighted by molar-refractivity contribution is -0.151. The molecule has 0 saturated carbocycles. The van der Waals surface area contributed by atoms with Gasteiger partial charge in [-0.15, -0.1) is 0 Å². The lowest BCUT2D eigenvalue weighted by atomic mass is 9.97. The van der Waals surface area contributed by atoms with Crippen LogP contribution in [0.1, 0.15) is 23.1 Å². The van der Waals surface area contributed by atoms with Crippen LogP contribution in [0, 0.1) is 13.8 Å². The molecule has 0 N–H and O–H groups in total. The molecule has 0 bridgehead atoms. The molecule has 1 rings (SSSR count). The molecule has 88 valence electrons. The molecule has 4 heteroatoms. The SMILES string of the molecule is Cc1cccc(C)c1CC(=O)CC(F)(F)F. The molecule has 0 heterocycles.